The molecule has 1 aromatic rings. The number of hydrogen-bond acceptors (Lipinski definition) is 3. The van der Waals surface area contributed by atoms with E-state index in [9.17, 15) is 4.79 Å². The number of rotatable bonds is 2. The van der Waals surface area contributed by atoms with Crippen LogP contribution < -0.4 is 0 Å². The molecule has 0 aromatic carbocycles. The maximum absolute atomic E-state index is 11.4. The quantitative estimate of drug-likeness (QED) is 0.785. The summed E-state index contributed by atoms with van der Waals surface area (Å²) in [5.41, 5.74) is 1.13. The summed E-state index contributed by atoms with van der Waals surface area (Å²) in [4.78, 5) is 15.7. The van der Waals surface area contributed by atoms with Crippen LogP contribution in [0.3, 0.4) is 0 Å². The van der Waals surface area contributed by atoms with E-state index in [1.807, 2.05) is 0 Å². The van der Waals surface area contributed by atoms with Crippen LogP contribution in [0.2, 0.25) is 5.02 Å². The molecule has 0 radical (unpaired) electrons. The minimum Gasteiger partial charge on any atom is -0.464 e. The number of hydrogen-bond donors (Lipinski definition) is 0. The van der Waals surface area contributed by atoms with Crippen molar-refractivity contribution >= 4 is 33.5 Å². The molecule has 1 saturated carbocycles. The predicted molar refractivity (Wildman–Crippen MR) is 60.3 cm³/mol. The number of esters is 1. The van der Waals surface area contributed by atoms with E-state index < -0.39 is 5.97 Å². The molecule has 0 amide bonds. The lowest BCUT2D eigenvalue weighted by Gasteiger charge is -2.06. The summed E-state index contributed by atoms with van der Waals surface area (Å²) >= 11 is 9.23. The standard InChI is InChI=1S/C10H9BrClNO2/c1-15-10(14)9-8(11)6(12)4-7(13-9)5-2-3-5/h4-5H,2-3H2,1H3. The third-order valence-corrected chi connectivity index (χ3v) is 3.64. The second-order valence-electron chi connectivity index (χ2n) is 3.46. The molecular weight excluding hydrogens is 281 g/mol. The normalized spacial score (nSPS) is 15.1. The Kier molecular flexibility index (Phi) is 2.98. The van der Waals surface area contributed by atoms with Crippen molar-refractivity contribution < 1.29 is 9.53 Å². The Labute approximate surface area is 101 Å². The molecule has 0 aliphatic heterocycles. The molecule has 1 aliphatic carbocycles. The summed E-state index contributed by atoms with van der Waals surface area (Å²) in [6, 6.07) is 1.80. The van der Waals surface area contributed by atoms with Crippen molar-refractivity contribution in [1.82, 2.24) is 4.98 Å². The average Bonchev–Trinajstić information content (AvgIpc) is 3.04. The molecule has 0 bridgehead atoms. The first-order chi connectivity index (χ1) is 7.13. The van der Waals surface area contributed by atoms with Crippen molar-refractivity contribution in [1.29, 1.82) is 0 Å². The number of halogens is 2. The third-order valence-electron chi connectivity index (χ3n) is 2.31. The summed E-state index contributed by atoms with van der Waals surface area (Å²) in [6.45, 7) is 0. The molecule has 1 aromatic heterocycles. The molecule has 0 atom stereocenters. The van der Waals surface area contributed by atoms with Gasteiger partial charge in [0.15, 0.2) is 5.69 Å². The van der Waals surface area contributed by atoms with Crippen LogP contribution in [0.1, 0.15) is 34.9 Å². The second kappa shape index (κ2) is 4.10. The minimum absolute atomic E-state index is 0.256. The Hall–Kier alpha value is -0.610. The first-order valence-electron chi connectivity index (χ1n) is 4.57. The molecular formula is C10H9BrClNO2. The molecule has 15 heavy (non-hydrogen) atoms. The Bertz CT molecular complexity index is 418. The van der Waals surface area contributed by atoms with Gasteiger partial charge in [-0.3, -0.25) is 0 Å². The van der Waals surface area contributed by atoms with Crippen LogP contribution in [-0.4, -0.2) is 18.1 Å². The van der Waals surface area contributed by atoms with Crippen molar-refractivity contribution in [3.05, 3.63) is 26.9 Å². The number of ether oxygens (including phenoxy) is 1. The molecule has 1 fully saturated rings. The van der Waals surface area contributed by atoms with E-state index in [-0.39, 0.29) is 5.69 Å². The maximum Gasteiger partial charge on any atom is 0.357 e. The summed E-state index contributed by atoms with van der Waals surface area (Å²) < 4.78 is 5.14. The molecule has 1 heterocycles. The fourth-order valence-corrected chi connectivity index (χ4v) is 1.90. The Morgan fingerprint density at radius 2 is 2.33 bits per heavy atom. The minimum atomic E-state index is -0.466. The van der Waals surface area contributed by atoms with Gasteiger partial charge in [0.1, 0.15) is 0 Å². The van der Waals surface area contributed by atoms with Gasteiger partial charge < -0.3 is 4.74 Å². The SMILES string of the molecule is COC(=O)c1nc(C2CC2)cc(Cl)c1Br. The first kappa shape index (κ1) is 10.9. The van der Waals surface area contributed by atoms with Crippen LogP contribution in [0.25, 0.3) is 0 Å². The van der Waals surface area contributed by atoms with Crippen molar-refractivity contribution in [3.63, 3.8) is 0 Å². The zero-order valence-electron chi connectivity index (χ0n) is 8.09. The largest absolute Gasteiger partial charge is 0.464 e. The molecule has 80 valence electrons. The monoisotopic (exact) mass is 289 g/mol. The van der Waals surface area contributed by atoms with Gasteiger partial charge in [-0.2, -0.15) is 0 Å². The predicted octanol–water partition coefficient (Wildman–Crippen LogP) is 3.16. The summed E-state index contributed by atoms with van der Waals surface area (Å²) in [6.07, 6.45) is 2.23. The number of nitrogens with zero attached hydrogens (tertiary/aromatic N) is 1. The zero-order valence-corrected chi connectivity index (χ0v) is 10.4. The number of carbonyl (C=O) groups is 1. The molecule has 0 spiro atoms. The number of aromatic nitrogens is 1. The van der Waals surface area contributed by atoms with E-state index in [1.165, 1.54) is 7.11 Å². The maximum atomic E-state index is 11.4. The van der Waals surface area contributed by atoms with Gasteiger partial charge in [-0.05, 0) is 34.8 Å². The highest BCUT2D eigenvalue weighted by molar-refractivity contribution is 9.10. The summed E-state index contributed by atoms with van der Waals surface area (Å²) in [7, 11) is 1.33. The lowest BCUT2D eigenvalue weighted by molar-refractivity contribution is 0.0592. The van der Waals surface area contributed by atoms with Gasteiger partial charge in [0.25, 0.3) is 0 Å². The fourth-order valence-electron chi connectivity index (χ4n) is 1.34. The highest BCUT2D eigenvalue weighted by Gasteiger charge is 2.28. The van der Waals surface area contributed by atoms with Gasteiger partial charge in [-0.25, -0.2) is 9.78 Å². The van der Waals surface area contributed by atoms with Crippen molar-refractivity contribution in [2.24, 2.45) is 0 Å². The van der Waals surface area contributed by atoms with Crippen molar-refractivity contribution in [2.75, 3.05) is 7.11 Å². The number of carbonyl (C=O) groups excluding carboxylic acids is 1. The van der Waals surface area contributed by atoms with Gasteiger partial charge in [0, 0.05) is 11.6 Å². The Balaban J connectivity index is 2.46. The highest BCUT2D eigenvalue weighted by Crippen LogP contribution is 2.41. The third kappa shape index (κ3) is 2.16. The first-order valence-corrected chi connectivity index (χ1v) is 5.75. The van der Waals surface area contributed by atoms with Crippen LogP contribution in [0.15, 0.2) is 10.5 Å². The molecule has 0 unspecified atom stereocenters. The van der Waals surface area contributed by atoms with Crippen LogP contribution in [0.5, 0.6) is 0 Å². The number of pyridine rings is 1. The summed E-state index contributed by atoms with van der Waals surface area (Å²) in [5, 5.41) is 0.507. The van der Waals surface area contributed by atoms with Gasteiger partial charge in [-0.1, -0.05) is 11.6 Å². The van der Waals surface area contributed by atoms with Crippen molar-refractivity contribution in [2.45, 2.75) is 18.8 Å². The smallest absolute Gasteiger partial charge is 0.357 e. The molecule has 3 nitrogen and oxygen atoms in total. The van der Waals surface area contributed by atoms with Crippen LogP contribution in [0, 0.1) is 0 Å². The van der Waals surface area contributed by atoms with Gasteiger partial charge in [0.05, 0.1) is 16.6 Å². The van der Waals surface area contributed by atoms with Crippen molar-refractivity contribution in [3.8, 4) is 0 Å². The van der Waals surface area contributed by atoms with E-state index in [0.717, 1.165) is 18.5 Å². The van der Waals surface area contributed by atoms with Gasteiger partial charge >= 0.3 is 5.97 Å². The van der Waals surface area contributed by atoms with E-state index in [0.29, 0.717) is 15.4 Å². The van der Waals surface area contributed by atoms with E-state index in [1.54, 1.807) is 6.07 Å². The van der Waals surface area contributed by atoms with Crippen LogP contribution in [0.4, 0.5) is 0 Å². The van der Waals surface area contributed by atoms with Gasteiger partial charge in [0.2, 0.25) is 0 Å². The number of methoxy groups -OCH3 is 1. The lowest BCUT2D eigenvalue weighted by Crippen LogP contribution is -2.07. The lowest BCUT2D eigenvalue weighted by atomic mass is 10.2. The molecule has 0 saturated heterocycles. The van der Waals surface area contributed by atoms with E-state index in [4.69, 9.17) is 11.6 Å². The fraction of sp³-hybridized carbons (Fsp3) is 0.400. The molecule has 2 rings (SSSR count). The molecule has 0 N–H and O–H groups in total. The second-order valence-corrected chi connectivity index (χ2v) is 4.66. The van der Waals surface area contributed by atoms with Gasteiger partial charge in [-0.15, -0.1) is 0 Å². The Morgan fingerprint density at radius 3 is 2.87 bits per heavy atom. The topological polar surface area (TPSA) is 39.2 Å². The van der Waals surface area contributed by atoms with E-state index >= 15 is 0 Å². The molecule has 5 heteroatoms. The average molecular weight is 291 g/mol. The van der Waals surface area contributed by atoms with E-state index in [2.05, 4.69) is 25.7 Å². The summed E-state index contributed by atoms with van der Waals surface area (Å²) in [5.74, 6) is -0.00900. The molecule has 1 aliphatic rings. The Morgan fingerprint density at radius 1 is 1.67 bits per heavy atom. The van der Waals surface area contributed by atoms with Crippen LogP contribution in [-0.2, 0) is 4.74 Å². The van der Waals surface area contributed by atoms with Crippen LogP contribution >= 0.6 is 27.5 Å². The highest BCUT2D eigenvalue weighted by atomic mass is 79.9. The zero-order chi connectivity index (χ0) is 11.0.